The lowest BCUT2D eigenvalue weighted by Crippen LogP contribution is -2.36. The largest absolute Gasteiger partial charge is 0.463 e. The number of nitrogens with zero attached hydrogens (tertiary/aromatic N) is 1. The molecule has 116 valence electrons. The maximum absolute atomic E-state index is 13.1. The molecule has 0 atom stereocenters. The number of benzene rings is 2. The fraction of sp³-hybridized carbons (Fsp3) is 0.211. The highest BCUT2D eigenvalue weighted by molar-refractivity contribution is 5.93. The molecule has 0 saturated carbocycles. The molecule has 3 aromatic rings. The Balaban J connectivity index is 1.93. The topological polar surface area (TPSA) is 42.7 Å². The molecule has 1 aliphatic rings. The number of ether oxygens (including phenoxy) is 1. The zero-order chi connectivity index (χ0) is 15.6. The molecule has 4 rings (SSSR count). The van der Waals surface area contributed by atoms with Crippen molar-refractivity contribution in [2.45, 2.75) is 0 Å². The molecule has 4 nitrogen and oxygen atoms in total. The average Bonchev–Trinajstić information content (AvgIpc) is 2.63. The second-order valence-electron chi connectivity index (χ2n) is 5.59. The minimum absolute atomic E-state index is 0.0135. The fourth-order valence-electron chi connectivity index (χ4n) is 3.04. The van der Waals surface area contributed by atoms with Crippen LogP contribution in [0.3, 0.4) is 0 Å². The number of morpholine rings is 1. The van der Waals surface area contributed by atoms with Gasteiger partial charge in [-0.25, -0.2) is 0 Å². The summed E-state index contributed by atoms with van der Waals surface area (Å²) < 4.78 is 11.2. The van der Waals surface area contributed by atoms with Crippen molar-refractivity contribution >= 4 is 16.7 Å². The Morgan fingerprint density at radius 3 is 2.48 bits per heavy atom. The van der Waals surface area contributed by atoms with Crippen LogP contribution in [0.5, 0.6) is 0 Å². The first-order chi connectivity index (χ1) is 11.3. The van der Waals surface area contributed by atoms with E-state index >= 15 is 0 Å². The van der Waals surface area contributed by atoms with Crippen LogP contribution in [-0.4, -0.2) is 26.3 Å². The van der Waals surface area contributed by atoms with Crippen LogP contribution < -0.4 is 10.3 Å². The highest BCUT2D eigenvalue weighted by Crippen LogP contribution is 2.27. The van der Waals surface area contributed by atoms with E-state index in [4.69, 9.17) is 9.15 Å². The Hall–Kier alpha value is -2.59. The minimum Gasteiger partial charge on any atom is -0.463 e. The SMILES string of the molecule is O=c1c(-c2ccccc2)coc2cccc(N3CCOCC3)c12. The smallest absolute Gasteiger partial charge is 0.202 e. The van der Waals surface area contributed by atoms with E-state index in [1.165, 1.54) is 0 Å². The first kappa shape index (κ1) is 14.0. The van der Waals surface area contributed by atoms with Gasteiger partial charge < -0.3 is 14.1 Å². The molecule has 0 bridgehead atoms. The van der Waals surface area contributed by atoms with Crippen molar-refractivity contribution < 1.29 is 9.15 Å². The molecule has 1 saturated heterocycles. The van der Waals surface area contributed by atoms with Crippen LogP contribution in [0.15, 0.2) is 64.0 Å². The molecule has 2 heterocycles. The molecule has 0 aliphatic carbocycles. The Morgan fingerprint density at radius 2 is 1.70 bits per heavy atom. The minimum atomic E-state index is 0.0135. The summed E-state index contributed by atoms with van der Waals surface area (Å²) in [5, 5.41) is 0.649. The van der Waals surface area contributed by atoms with Crippen LogP contribution in [0.2, 0.25) is 0 Å². The highest BCUT2D eigenvalue weighted by atomic mass is 16.5. The van der Waals surface area contributed by atoms with E-state index < -0.39 is 0 Å². The number of hydrogen-bond donors (Lipinski definition) is 0. The van der Waals surface area contributed by atoms with Gasteiger partial charge in [0.05, 0.1) is 29.9 Å². The average molecular weight is 307 g/mol. The molecule has 0 amide bonds. The van der Waals surface area contributed by atoms with Gasteiger partial charge in [0.25, 0.3) is 0 Å². The van der Waals surface area contributed by atoms with Gasteiger partial charge in [-0.15, -0.1) is 0 Å². The summed E-state index contributed by atoms with van der Waals surface area (Å²) in [5.74, 6) is 0. The Labute approximate surface area is 133 Å². The molecular weight excluding hydrogens is 290 g/mol. The summed E-state index contributed by atoms with van der Waals surface area (Å²) in [6.07, 6.45) is 1.56. The van der Waals surface area contributed by atoms with Crippen LogP contribution in [-0.2, 0) is 4.74 Å². The Bertz CT molecular complexity index is 880. The molecule has 2 aromatic carbocycles. The van der Waals surface area contributed by atoms with Crippen molar-refractivity contribution in [3.05, 3.63) is 65.0 Å². The van der Waals surface area contributed by atoms with Crippen molar-refractivity contribution in [1.82, 2.24) is 0 Å². The maximum atomic E-state index is 13.1. The van der Waals surface area contributed by atoms with Gasteiger partial charge in [0.1, 0.15) is 11.8 Å². The third-order valence-corrected chi connectivity index (χ3v) is 4.22. The van der Waals surface area contributed by atoms with Crippen LogP contribution in [0, 0.1) is 0 Å². The predicted molar refractivity (Wildman–Crippen MR) is 91.0 cm³/mol. The Morgan fingerprint density at radius 1 is 0.913 bits per heavy atom. The van der Waals surface area contributed by atoms with Crippen molar-refractivity contribution in [3.8, 4) is 11.1 Å². The van der Waals surface area contributed by atoms with Gasteiger partial charge in [0, 0.05) is 13.1 Å². The molecule has 4 heteroatoms. The number of anilines is 1. The van der Waals surface area contributed by atoms with Crippen LogP contribution in [0.4, 0.5) is 5.69 Å². The summed E-state index contributed by atoms with van der Waals surface area (Å²) in [7, 11) is 0. The van der Waals surface area contributed by atoms with E-state index in [2.05, 4.69) is 4.90 Å². The summed E-state index contributed by atoms with van der Waals surface area (Å²) in [6, 6.07) is 15.4. The van der Waals surface area contributed by atoms with Crippen molar-refractivity contribution in [1.29, 1.82) is 0 Å². The number of fused-ring (bicyclic) bond motifs is 1. The van der Waals surface area contributed by atoms with E-state index in [1.54, 1.807) is 6.26 Å². The van der Waals surface area contributed by atoms with Crippen LogP contribution in [0.1, 0.15) is 0 Å². The molecule has 23 heavy (non-hydrogen) atoms. The van der Waals surface area contributed by atoms with E-state index in [1.807, 2.05) is 48.5 Å². The third kappa shape index (κ3) is 2.51. The monoisotopic (exact) mass is 307 g/mol. The predicted octanol–water partition coefficient (Wildman–Crippen LogP) is 3.30. The van der Waals surface area contributed by atoms with Gasteiger partial charge >= 0.3 is 0 Å². The van der Waals surface area contributed by atoms with Crippen LogP contribution >= 0.6 is 0 Å². The Kier molecular flexibility index (Phi) is 3.60. The molecular formula is C19H17NO3. The highest BCUT2D eigenvalue weighted by Gasteiger charge is 2.18. The van der Waals surface area contributed by atoms with Crippen molar-refractivity contribution in [3.63, 3.8) is 0 Å². The third-order valence-electron chi connectivity index (χ3n) is 4.22. The lowest BCUT2D eigenvalue weighted by molar-refractivity contribution is 0.123. The fourth-order valence-corrected chi connectivity index (χ4v) is 3.04. The number of rotatable bonds is 2. The van der Waals surface area contributed by atoms with Gasteiger partial charge in [-0.2, -0.15) is 0 Å². The summed E-state index contributed by atoms with van der Waals surface area (Å²) in [4.78, 5) is 15.3. The zero-order valence-corrected chi connectivity index (χ0v) is 12.7. The van der Waals surface area contributed by atoms with Crippen molar-refractivity contribution in [2.75, 3.05) is 31.2 Å². The standard InChI is InChI=1S/C19H17NO3/c21-19-15(14-5-2-1-3-6-14)13-23-17-8-4-7-16(18(17)19)20-9-11-22-12-10-20/h1-8,13H,9-12H2. The second kappa shape index (κ2) is 5.89. The van der Waals surface area contributed by atoms with Crippen LogP contribution in [0.25, 0.3) is 22.1 Å². The van der Waals surface area contributed by atoms with E-state index in [0.29, 0.717) is 29.7 Å². The molecule has 1 aromatic heterocycles. The summed E-state index contributed by atoms with van der Waals surface area (Å²) in [5.41, 5.74) is 3.04. The van der Waals surface area contributed by atoms with Gasteiger partial charge in [0.15, 0.2) is 0 Å². The van der Waals surface area contributed by atoms with Gasteiger partial charge in [-0.05, 0) is 17.7 Å². The first-order valence-corrected chi connectivity index (χ1v) is 7.77. The van der Waals surface area contributed by atoms with E-state index in [9.17, 15) is 4.79 Å². The second-order valence-corrected chi connectivity index (χ2v) is 5.59. The molecule has 0 radical (unpaired) electrons. The van der Waals surface area contributed by atoms with E-state index in [0.717, 1.165) is 24.3 Å². The first-order valence-electron chi connectivity index (χ1n) is 7.77. The summed E-state index contributed by atoms with van der Waals surface area (Å²) >= 11 is 0. The van der Waals surface area contributed by atoms with E-state index in [-0.39, 0.29) is 5.43 Å². The molecule has 1 fully saturated rings. The maximum Gasteiger partial charge on any atom is 0.202 e. The normalized spacial score (nSPS) is 15.0. The summed E-state index contributed by atoms with van der Waals surface area (Å²) in [6.45, 7) is 2.93. The molecule has 0 unspecified atom stereocenters. The number of hydrogen-bond acceptors (Lipinski definition) is 4. The molecule has 0 N–H and O–H groups in total. The van der Waals surface area contributed by atoms with Crippen molar-refractivity contribution in [2.24, 2.45) is 0 Å². The van der Waals surface area contributed by atoms with Gasteiger partial charge in [0.2, 0.25) is 5.43 Å². The quantitative estimate of drug-likeness (QED) is 0.728. The molecule has 0 spiro atoms. The van der Waals surface area contributed by atoms with Gasteiger partial charge in [-0.1, -0.05) is 36.4 Å². The lowest BCUT2D eigenvalue weighted by atomic mass is 10.0. The lowest BCUT2D eigenvalue weighted by Gasteiger charge is -2.29. The zero-order valence-electron chi connectivity index (χ0n) is 12.7. The molecule has 1 aliphatic heterocycles. The van der Waals surface area contributed by atoms with Gasteiger partial charge in [-0.3, -0.25) is 4.79 Å².